The first-order valence-corrected chi connectivity index (χ1v) is 5.75. The van der Waals surface area contributed by atoms with Gasteiger partial charge < -0.3 is 5.11 Å². The standard InChI is InChI=1S/C13H19NO/c1-2-13(15)10-14-8-12(9-14)11-6-4-3-5-7-11/h3-7,12-13,15H,2,8-10H2,1H3. The summed E-state index contributed by atoms with van der Waals surface area (Å²) in [5.41, 5.74) is 1.43. The molecule has 0 saturated carbocycles. The highest BCUT2D eigenvalue weighted by Crippen LogP contribution is 2.26. The second kappa shape index (κ2) is 4.77. The topological polar surface area (TPSA) is 23.5 Å². The molecule has 0 radical (unpaired) electrons. The summed E-state index contributed by atoms with van der Waals surface area (Å²) in [6.45, 7) is 5.06. The minimum atomic E-state index is -0.151. The molecule has 1 N–H and O–H groups in total. The molecule has 1 atom stereocenters. The Kier molecular flexibility index (Phi) is 3.39. The lowest BCUT2D eigenvalue weighted by Crippen LogP contribution is -2.48. The van der Waals surface area contributed by atoms with Gasteiger partial charge in [-0.3, -0.25) is 4.90 Å². The fraction of sp³-hybridized carbons (Fsp3) is 0.538. The highest BCUT2D eigenvalue weighted by atomic mass is 16.3. The van der Waals surface area contributed by atoms with E-state index in [1.54, 1.807) is 0 Å². The third-order valence-electron chi connectivity index (χ3n) is 3.17. The Morgan fingerprint density at radius 2 is 2.00 bits per heavy atom. The number of rotatable bonds is 4. The Morgan fingerprint density at radius 1 is 1.33 bits per heavy atom. The molecule has 1 saturated heterocycles. The van der Waals surface area contributed by atoms with Crippen molar-refractivity contribution >= 4 is 0 Å². The number of benzene rings is 1. The van der Waals surface area contributed by atoms with E-state index in [2.05, 4.69) is 35.2 Å². The van der Waals surface area contributed by atoms with Gasteiger partial charge in [-0.05, 0) is 12.0 Å². The van der Waals surface area contributed by atoms with Crippen molar-refractivity contribution in [2.75, 3.05) is 19.6 Å². The highest BCUT2D eigenvalue weighted by molar-refractivity contribution is 5.22. The van der Waals surface area contributed by atoms with Crippen molar-refractivity contribution in [1.82, 2.24) is 4.90 Å². The second-order valence-corrected chi connectivity index (χ2v) is 4.39. The average Bonchev–Trinajstić information content (AvgIpc) is 2.23. The van der Waals surface area contributed by atoms with Crippen LogP contribution >= 0.6 is 0 Å². The maximum absolute atomic E-state index is 9.51. The number of aliphatic hydroxyl groups is 1. The first kappa shape index (κ1) is 10.7. The summed E-state index contributed by atoms with van der Waals surface area (Å²) in [5.74, 6) is 0.676. The molecule has 1 heterocycles. The van der Waals surface area contributed by atoms with E-state index in [1.807, 2.05) is 6.92 Å². The molecule has 1 unspecified atom stereocenters. The Bertz CT molecular complexity index is 293. The van der Waals surface area contributed by atoms with Gasteiger partial charge in [-0.25, -0.2) is 0 Å². The van der Waals surface area contributed by atoms with Gasteiger partial charge in [-0.1, -0.05) is 37.3 Å². The van der Waals surface area contributed by atoms with Crippen LogP contribution in [0, 0.1) is 0 Å². The lowest BCUT2D eigenvalue weighted by molar-refractivity contribution is 0.0630. The molecule has 15 heavy (non-hydrogen) atoms. The molecule has 1 aromatic rings. The maximum Gasteiger partial charge on any atom is 0.0664 e. The molecule has 0 bridgehead atoms. The van der Waals surface area contributed by atoms with Crippen LogP contribution in [0.25, 0.3) is 0 Å². The predicted molar refractivity (Wildman–Crippen MR) is 61.9 cm³/mol. The zero-order valence-corrected chi connectivity index (χ0v) is 9.26. The van der Waals surface area contributed by atoms with E-state index in [-0.39, 0.29) is 6.10 Å². The van der Waals surface area contributed by atoms with Gasteiger partial charge in [0.15, 0.2) is 0 Å². The van der Waals surface area contributed by atoms with Crippen molar-refractivity contribution in [1.29, 1.82) is 0 Å². The highest BCUT2D eigenvalue weighted by Gasteiger charge is 2.28. The van der Waals surface area contributed by atoms with Gasteiger partial charge in [0.2, 0.25) is 0 Å². The molecule has 0 amide bonds. The summed E-state index contributed by atoms with van der Waals surface area (Å²) in [6.07, 6.45) is 0.702. The first-order chi connectivity index (χ1) is 7.29. The Balaban J connectivity index is 1.79. The van der Waals surface area contributed by atoms with Gasteiger partial charge in [0.1, 0.15) is 0 Å². The molecule has 82 valence electrons. The van der Waals surface area contributed by atoms with Crippen LogP contribution in [0.15, 0.2) is 30.3 Å². The monoisotopic (exact) mass is 205 g/mol. The molecule has 1 aliphatic heterocycles. The summed E-state index contributed by atoms with van der Waals surface area (Å²) >= 11 is 0. The lowest BCUT2D eigenvalue weighted by Gasteiger charge is -2.40. The molecular weight excluding hydrogens is 186 g/mol. The quantitative estimate of drug-likeness (QED) is 0.811. The van der Waals surface area contributed by atoms with Crippen LogP contribution in [-0.2, 0) is 0 Å². The van der Waals surface area contributed by atoms with Crippen molar-refractivity contribution in [2.45, 2.75) is 25.4 Å². The molecule has 2 heteroatoms. The number of hydrogen-bond donors (Lipinski definition) is 1. The molecule has 1 aromatic carbocycles. The van der Waals surface area contributed by atoms with Crippen LogP contribution in [-0.4, -0.2) is 35.7 Å². The van der Waals surface area contributed by atoms with Crippen molar-refractivity contribution in [2.24, 2.45) is 0 Å². The summed E-state index contributed by atoms with van der Waals surface area (Å²) < 4.78 is 0. The van der Waals surface area contributed by atoms with Crippen molar-refractivity contribution < 1.29 is 5.11 Å². The lowest BCUT2D eigenvalue weighted by atomic mass is 9.91. The van der Waals surface area contributed by atoms with Crippen molar-refractivity contribution in [3.63, 3.8) is 0 Å². The van der Waals surface area contributed by atoms with Crippen LogP contribution in [0.5, 0.6) is 0 Å². The number of nitrogens with zero attached hydrogens (tertiary/aromatic N) is 1. The van der Waals surface area contributed by atoms with Crippen LogP contribution in [0.4, 0.5) is 0 Å². The van der Waals surface area contributed by atoms with Gasteiger partial charge in [-0.2, -0.15) is 0 Å². The predicted octanol–water partition coefficient (Wildman–Crippen LogP) is 1.86. The second-order valence-electron chi connectivity index (χ2n) is 4.39. The smallest absolute Gasteiger partial charge is 0.0664 e. The number of likely N-dealkylation sites (tertiary alicyclic amines) is 1. The molecule has 0 aromatic heterocycles. The zero-order chi connectivity index (χ0) is 10.7. The van der Waals surface area contributed by atoms with E-state index in [9.17, 15) is 5.11 Å². The molecular formula is C13H19NO. The minimum absolute atomic E-state index is 0.151. The fourth-order valence-electron chi connectivity index (χ4n) is 2.08. The summed E-state index contributed by atoms with van der Waals surface area (Å²) in [7, 11) is 0. The summed E-state index contributed by atoms with van der Waals surface area (Å²) in [5, 5.41) is 9.51. The average molecular weight is 205 g/mol. The van der Waals surface area contributed by atoms with Gasteiger partial charge in [0, 0.05) is 25.6 Å². The van der Waals surface area contributed by atoms with E-state index in [0.717, 1.165) is 26.1 Å². The molecule has 0 aliphatic carbocycles. The molecule has 2 rings (SSSR count). The SMILES string of the molecule is CCC(O)CN1CC(c2ccccc2)C1. The first-order valence-electron chi connectivity index (χ1n) is 5.75. The van der Waals surface area contributed by atoms with E-state index in [4.69, 9.17) is 0 Å². The molecule has 2 nitrogen and oxygen atoms in total. The van der Waals surface area contributed by atoms with Gasteiger partial charge in [0.05, 0.1) is 6.10 Å². The zero-order valence-electron chi connectivity index (χ0n) is 9.26. The van der Waals surface area contributed by atoms with Gasteiger partial charge >= 0.3 is 0 Å². The van der Waals surface area contributed by atoms with E-state index < -0.39 is 0 Å². The Morgan fingerprint density at radius 3 is 2.60 bits per heavy atom. The molecule has 1 fully saturated rings. The normalized spacial score (nSPS) is 19.9. The summed E-state index contributed by atoms with van der Waals surface area (Å²) in [4.78, 5) is 2.33. The van der Waals surface area contributed by atoms with Crippen LogP contribution in [0.1, 0.15) is 24.8 Å². The van der Waals surface area contributed by atoms with Crippen LogP contribution in [0.3, 0.4) is 0 Å². The van der Waals surface area contributed by atoms with E-state index in [1.165, 1.54) is 5.56 Å². The maximum atomic E-state index is 9.51. The van der Waals surface area contributed by atoms with Crippen molar-refractivity contribution in [3.05, 3.63) is 35.9 Å². The van der Waals surface area contributed by atoms with Gasteiger partial charge in [-0.15, -0.1) is 0 Å². The summed E-state index contributed by atoms with van der Waals surface area (Å²) in [6, 6.07) is 10.6. The fourth-order valence-corrected chi connectivity index (χ4v) is 2.08. The Hall–Kier alpha value is -0.860. The van der Waals surface area contributed by atoms with Crippen molar-refractivity contribution in [3.8, 4) is 0 Å². The van der Waals surface area contributed by atoms with Crippen LogP contribution in [0.2, 0.25) is 0 Å². The van der Waals surface area contributed by atoms with E-state index >= 15 is 0 Å². The van der Waals surface area contributed by atoms with Gasteiger partial charge in [0.25, 0.3) is 0 Å². The third kappa shape index (κ3) is 2.58. The van der Waals surface area contributed by atoms with Crippen LogP contribution < -0.4 is 0 Å². The Labute approximate surface area is 91.5 Å². The van der Waals surface area contributed by atoms with E-state index in [0.29, 0.717) is 5.92 Å². The number of hydrogen-bond acceptors (Lipinski definition) is 2. The minimum Gasteiger partial charge on any atom is -0.392 e. The molecule has 0 spiro atoms. The third-order valence-corrected chi connectivity index (χ3v) is 3.17. The largest absolute Gasteiger partial charge is 0.392 e. The molecule has 1 aliphatic rings. The number of aliphatic hydroxyl groups excluding tert-OH is 1. The number of β-amino-alcohol motifs (C(OH)–C–C–N with tert-alkyl or cyclic N) is 1.